The number of nitrogens with zero attached hydrogens (tertiary/aromatic N) is 2. The van der Waals surface area contributed by atoms with Gasteiger partial charge in [-0.25, -0.2) is 4.98 Å². The van der Waals surface area contributed by atoms with Gasteiger partial charge in [0.25, 0.3) is 0 Å². The third-order valence-electron chi connectivity index (χ3n) is 4.27. The minimum Gasteiger partial charge on any atom is -0.358 e. The van der Waals surface area contributed by atoms with Crippen LogP contribution in [0, 0.1) is 6.92 Å². The molecular formula is C17H19N3S. The largest absolute Gasteiger partial charge is 0.358 e. The Balaban J connectivity index is 1.75. The summed E-state index contributed by atoms with van der Waals surface area (Å²) in [5, 5.41) is 4.65. The number of rotatable bonds is 2. The number of para-hydroxylation sites is 1. The van der Waals surface area contributed by atoms with E-state index in [0.29, 0.717) is 0 Å². The van der Waals surface area contributed by atoms with Crippen molar-refractivity contribution in [3.63, 3.8) is 0 Å². The average Bonchev–Trinajstić information content (AvgIpc) is 3.11. The first-order valence-corrected chi connectivity index (χ1v) is 8.49. The van der Waals surface area contributed by atoms with Gasteiger partial charge in [0.15, 0.2) is 5.13 Å². The van der Waals surface area contributed by atoms with E-state index >= 15 is 0 Å². The molecule has 1 aliphatic heterocycles. The molecule has 2 aromatic heterocycles. The normalized spacial score (nSPS) is 15.8. The molecule has 1 aromatic carbocycles. The van der Waals surface area contributed by atoms with E-state index in [0.717, 1.165) is 18.8 Å². The highest BCUT2D eigenvalue weighted by Gasteiger charge is 2.17. The van der Waals surface area contributed by atoms with Gasteiger partial charge in [0.05, 0.1) is 5.69 Å². The van der Waals surface area contributed by atoms with Crippen molar-refractivity contribution in [2.45, 2.75) is 26.2 Å². The van der Waals surface area contributed by atoms with Crippen LogP contribution < -0.4 is 4.90 Å². The molecule has 21 heavy (non-hydrogen) atoms. The molecule has 0 aliphatic carbocycles. The average molecular weight is 297 g/mol. The summed E-state index contributed by atoms with van der Waals surface area (Å²) in [5.41, 5.74) is 4.75. The molecule has 0 radical (unpaired) electrons. The van der Waals surface area contributed by atoms with Crippen LogP contribution in [0.1, 0.15) is 25.0 Å². The van der Waals surface area contributed by atoms with Crippen LogP contribution in [-0.2, 0) is 0 Å². The number of aromatic nitrogens is 2. The Hall–Kier alpha value is -1.81. The smallest absolute Gasteiger partial charge is 0.185 e. The van der Waals surface area contributed by atoms with Crippen LogP contribution in [-0.4, -0.2) is 23.1 Å². The van der Waals surface area contributed by atoms with Crippen molar-refractivity contribution < 1.29 is 0 Å². The van der Waals surface area contributed by atoms with Crippen molar-refractivity contribution in [2.24, 2.45) is 0 Å². The number of thiazole rings is 1. The summed E-state index contributed by atoms with van der Waals surface area (Å²) in [7, 11) is 0. The zero-order chi connectivity index (χ0) is 14.2. The lowest BCUT2D eigenvalue weighted by molar-refractivity contribution is 0.577. The summed E-state index contributed by atoms with van der Waals surface area (Å²) in [5.74, 6) is 0. The van der Waals surface area contributed by atoms with Crippen molar-refractivity contribution in [3.8, 4) is 11.3 Å². The maximum Gasteiger partial charge on any atom is 0.185 e. The van der Waals surface area contributed by atoms with Crippen molar-refractivity contribution in [2.75, 3.05) is 18.0 Å². The van der Waals surface area contributed by atoms with E-state index in [4.69, 9.17) is 4.98 Å². The minimum atomic E-state index is 1.11. The quantitative estimate of drug-likeness (QED) is 0.750. The van der Waals surface area contributed by atoms with E-state index in [1.54, 1.807) is 11.3 Å². The van der Waals surface area contributed by atoms with Gasteiger partial charge < -0.3 is 9.88 Å². The molecule has 0 amide bonds. The number of hydrogen-bond donors (Lipinski definition) is 1. The molecule has 3 nitrogen and oxygen atoms in total. The van der Waals surface area contributed by atoms with E-state index in [-0.39, 0.29) is 0 Å². The maximum atomic E-state index is 4.91. The van der Waals surface area contributed by atoms with Gasteiger partial charge in [-0.15, -0.1) is 11.3 Å². The Bertz CT molecular complexity index is 765. The number of nitrogens with one attached hydrogen (secondary N) is 1. The lowest BCUT2D eigenvalue weighted by Crippen LogP contribution is -2.29. The first kappa shape index (κ1) is 12.9. The fourth-order valence-electron chi connectivity index (χ4n) is 3.22. The molecule has 0 atom stereocenters. The van der Waals surface area contributed by atoms with Gasteiger partial charge in [0.2, 0.25) is 0 Å². The summed E-state index contributed by atoms with van der Waals surface area (Å²) in [6, 6.07) is 8.47. The molecule has 1 N–H and O–H groups in total. The molecule has 0 saturated carbocycles. The number of benzene rings is 1. The van der Waals surface area contributed by atoms with Crippen LogP contribution in [0.15, 0.2) is 29.6 Å². The van der Waals surface area contributed by atoms with Gasteiger partial charge in [-0.1, -0.05) is 18.2 Å². The second-order valence-corrected chi connectivity index (χ2v) is 6.57. The number of aryl methyl sites for hydroxylation is 1. The van der Waals surface area contributed by atoms with Crippen LogP contribution in [0.25, 0.3) is 22.2 Å². The summed E-state index contributed by atoms with van der Waals surface area (Å²) in [6.45, 7) is 4.44. The SMILES string of the molecule is Cc1[nH]c2ccccc2c1-c1csc(N2CCCCC2)n1. The Morgan fingerprint density at radius 3 is 2.81 bits per heavy atom. The topological polar surface area (TPSA) is 31.9 Å². The van der Waals surface area contributed by atoms with Gasteiger partial charge in [-0.2, -0.15) is 0 Å². The van der Waals surface area contributed by atoms with Crippen LogP contribution >= 0.6 is 11.3 Å². The van der Waals surface area contributed by atoms with Crippen LogP contribution in [0.2, 0.25) is 0 Å². The highest BCUT2D eigenvalue weighted by Crippen LogP contribution is 2.35. The fourth-order valence-corrected chi connectivity index (χ4v) is 4.09. The van der Waals surface area contributed by atoms with E-state index < -0.39 is 0 Å². The molecule has 0 bridgehead atoms. The number of aromatic amines is 1. The molecule has 1 saturated heterocycles. The first-order valence-electron chi connectivity index (χ1n) is 7.61. The molecule has 4 heteroatoms. The molecule has 108 valence electrons. The number of hydrogen-bond acceptors (Lipinski definition) is 3. The number of H-pyrrole nitrogens is 1. The lowest BCUT2D eigenvalue weighted by atomic mass is 10.1. The van der Waals surface area contributed by atoms with Gasteiger partial charge >= 0.3 is 0 Å². The molecule has 0 spiro atoms. The Morgan fingerprint density at radius 1 is 1.14 bits per heavy atom. The van der Waals surface area contributed by atoms with Crippen LogP contribution in [0.4, 0.5) is 5.13 Å². The van der Waals surface area contributed by atoms with Crippen molar-refractivity contribution in [3.05, 3.63) is 35.3 Å². The van der Waals surface area contributed by atoms with Crippen molar-refractivity contribution in [1.82, 2.24) is 9.97 Å². The fraction of sp³-hybridized carbons (Fsp3) is 0.353. The third-order valence-corrected chi connectivity index (χ3v) is 5.17. The monoisotopic (exact) mass is 297 g/mol. The molecule has 3 heterocycles. The predicted octanol–water partition coefficient (Wildman–Crippen LogP) is 4.59. The summed E-state index contributed by atoms with van der Waals surface area (Å²) in [6.07, 6.45) is 3.94. The molecule has 4 rings (SSSR count). The van der Waals surface area contributed by atoms with E-state index in [1.165, 1.54) is 46.6 Å². The summed E-state index contributed by atoms with van der Waals surface area (Å²) >= 11 is 1.77. The van der Waals surface area contributed by atoms with Crippen molar-refractivity contribution >= 4 is 27.4 Å². The Kier molecular flexibility index (Phi) is 3.19. The summed E-state index contributed by atoms with van der Waals surface area (Å²) in [4.78, 5) is 10.8. The number of anilines is 1. The molecular weight excluding hydrogens is 278 g/mol. The minimum absolute atomic E-state index is 1.11. The first-order chi connectivity index (χ1) is 10.3. The Morgan fingerprint density at radius 2 is 1.95 bits per heavy atom. The molecule has 1 fully saturated rings. The molecule has 1 aliphatic rings. The van der Waals surface area contributed by atoms with E-state index in [1.807, 2.05) is 0 Å². The van der Waals surface area contributed by atoms with E-state index in [2.05, 4.69) is 46.5 Å². The zero-order valence-corrected chi connectivity index (χ0v) is 13.0. The van der Waals surface area contributed by atoms with Gasteiger partial charge in [-0.3, -0.25) is 0 Å². The van der Waals surface area contributed by atoms with Crippen LogP contribution in [0.3, 0.4) is 0 Å². The predicted molar refractivity (Wildman–Crippen MR) is 90.2 cm³/mol. The van der Waals surface area contributed by atoms with Crippen LogP contribution in [0.5, 0.6) is 0 Å². The number of piperidine rings is 1. The molecule has 0 unspecified atom stereocenters. The van der Waals surface area contributed by atoms with E-state index in [9.17, 15) is 0 Å². The van der Waals surface area contributed by atoms with Gasteiger partial charge in [0.1, 0.15) is 0 Å². The summed E-state index contributed by atoms with van der Waals surface area (Å²) < 4.78 is 0. The van der Waals surface area contributed by atoms with Gasteiger partial charge in [0, 0.05) is 40.6 Å². The second-order valence-electron chi connectivity index (χ2n) is 5.73. The lowest BCUT2D eigenvalue weighted by Gasteiger charge is -2.25. The highest BCUT2D eigenvalue weighted by molar-refractivity contribution is 7.14. The second kappa shape index (κ2) is 5.19. The van der Waals surface area contributed by atoms with Crippen molar-refractivity contribution in [1.29, 1.82) is 0 Å². The third kappa shape index (κ3) is 2.23. The molecule has 3 aromatic rings. The standard InChI is InChI=1S/C17H19N3S/c1-12-16(13-7-3-4-8-14(13)18-12)15-11-21-17(19-15)20-9-5-2-6-10-20/h3-4,7-8,11,18H,2,5-6,9-10H2,1H3. The van der Waals surface area contributed by atoms with Gasteiger partial charge in [-0.05, 0) is 32.3 Å². The zero-order valence-electron chi connectivity index (χ0n) is 12.2. The maximum absolute atomic E-state index is 4.91. The highest BCUT2D eigenvalue weighted by atomic mass is 32.1. The number of fused-ring (bicyclic) bond motifs is 1. The Labute approximate surface area is 128 Å².